The Morgan fingerprint density at radius 3 is 2.72 bits per heavy atom. The van der Waals surface area contributed by atoms with Crippen LogP contribution in [0, 0.1) is 3.57 Å². The summed E-state index contributed by atoms with van der Waals surface area (Å²) in [6.45, 7) is 2.12. The lowest BCUT2D eigenvalue weighted by Gasteiger charge is -2.12. The molecule has 1 aliphatic heterocycles. The molecule has 25 heavy (non-hydrogen) atoms. The van der Waals surface area contributed by atoms with Gasteiger partial charge in [-0.3, -0.25) is 4.79 Å². The normalized spacial score (nSPS) is 18.4. The number of phenolic OH excluding ortho intramolecular Hbond substituents is 1. The van der Waals surface area contributed by atoms with E-state index in [2.05, 4.69) is 68.2 Å². The number of hydrogen-bond donors (Lipinski definition) is 3. The van der Waals surface area contributed by atoms with Crippen LogP contribution in [0.3, 0.4) is 0 Å². The van der Waals surface area contributed by atoms with Gasteiger partial charge in [0, 0.05) is 5.69 Å². The number of hydrogen-bond acceptors (Lipinski definition) is 4. The van der Waals surface area contributed by atoms with E-state index in [-0.39, 0.29) is 17.2 Å². The second-order valence-electron chi connectivity index (χ2n) is 5.51. The van der Waals surface area contributed by atoms with Crippen LogP contribution in [-0.4, -0.2) is 16.5 Å². The Labute approximate surface area is 172 Å². The summed E-state index contributed by atoms with van der Waals surface area (Å²) in [7, 11) is 0. The first-order valence-electron chi connectivity index (χ1n) is 7.69. The van der Waals surface area contributed by atoms with Gasteiger partial charge in [-0.1, -0.05) is 30.8 Å². The Balaban J connectivity index is 1.73. The molecular formula is C18H16BrIN2O2S. The van der Waals surface area contributed by atoms with E-state index in [0.29, 0.717) is 9.38 Å². The van der Waals surface area contributed by atoms with Crippen molar-refractivity contribution in [2.24, 2.45) is 0 Å². The van der Waals surface area contributed by atoms with Crippen LogP contribution >= 0.6 is 50.3 Å². The van der Waals surface area contributed by atoms with Crippen LogP contribution in [0.1, 0.15) is 18.1 Å². The SMILES string of the molecule is CCc1ccc(N[C@@H]2NC(=O)/C(=C/c3cc(Br)c(O)c(I)c3)S2)cc1. The fraction of sp³-hybridized carbons (Fsp3) is 0.167. The van der Waals surface area contributed by atoms with Crippen molar-refractivity contribution in [3.05, 3.63) is 60.5 Å². The molecule has 1 amide bonds. The molecule has 0 spiro atoms. The minimum Gasteiger partial charge on any atom is -0.506 e. The number of benzene rings is 2. The smallest absolute Gasteiger partial charge is 0.260 e. The zero-order valence-electron chi connectivity index (χ0n) is 13.3. The molecule has 4 nitrogen and oxygen atoms in total. The highest BCUT2D eigenvalue weighted by molar-refractivity contribution is 14.1. The molecule has 1 aliphatic rings. The average Bonchev–Trinajstić information content (AvgIpc) is 2.92. The topological polar surface area (TPSA) is 61.4 Å². The number of aryl methyl sites for hydroxylation is 1. The summed E-state index contributed by atoms with van der Waals surface area (Å²) in [4.78, 5) is 12.8. The maximum absolute atomic E-state index is 12.2. The van der Waals surface area contributed by atoms with E-state index in [1.54, 1.807) is 6.07 Å². The molecule has 0 aliphatic carbocycles. The van der Waals surface area contributed by atoms with Crippen LogP contribution in [0.2, 0.25) is 0 Å². The number of rotatable bonds is 4. The first-order valence-corrected chi connectivity index (χ1v) is 10.4. The molecule has 0 radical (unpaired) electrons. The van der Waals surface area contributed by atoms with Crippen LogP contribution in [0.25, 0.3) is 6.08 Å². The summed E-state index contributed by atoms with van der Waals surface area (Å²) in [5, 5.41) is 16.1. The quantitative estimate of drug-likeness (QED) is 0.388. The standard InChI is InChI=1S/C18H16BrIN2O2S/c1-2-10-3-5-12(6-4-10)21-18-22-17(24)15(25-18)9-11-7-13(19)16(23)14(20)8-11/h3-9,18,21,23H,2H2,1H3,(H,22,24)/b15-9-/t18-/m1/s1. The van der Waals surface area contributed by atoms with Gasteiger partial charge in [-0.05, 0) is 86.4 Å². The molecule has 7 heteroatoms. The minimum absolute atomic E-state index is 0.105. The Bertz CT molecular complexity index is 816. The molecule has 1 atom stereocenters. The second kappa shape index (κ2) is 8.01. The number of carbonyl (C=O) groups excluding carboxylic acids is 1. The highest BCUT2D eigenvalue weighted by Gasteiger charge is 2.27. The molecule has 1 saturated heterocycles. The molecule has 1 fully saturated rings. The maximum atomic E-state index is 12.2. The lowest BCUT2D eigenvalue weighted by atomic mass is 10.1. The molecule has 0 bridgehead atoms. The summed E-state index contributed by atoms with van der Waals surface area (Å²) < 4.78 is 1.34. The summed E-state index contributed by atoms with van der Waals surface area (Å²) in [5.41, 5.74) is 2.91. The summed E-state index contributed by atoms with van der Waals surface area (Å²) in [6, 6.07) is 11.8. The van der Waals surface area contributed by atoms with Gasteiger partial charge < -0.3 is 15.7 Å². The molecule has 2 aromatic rings. The lowest BCUT2D eigenvalue weighted by Crippen LogP contribution is -2.30. The van der Waals surface area contributed by atoms with Gasteiger partial charge in [0.1, 0.15) is 5.75 Å². The van der Waals surface area contributed by atoms with Crippen molar-refractivity contribution in [3.63, 3.8) is 0 Å². The van der Waals surface area contributed by atoms with E-state index >= 15 is 0 Å². The largest absolute Gasteiger partial charge is 0.506 e. The van der Waals surface area contributed by atoms with Gasteiger partial charge >= 0.3 is 0 Å². The fourth-order valence-electron chi connectivity index (χ4n) is 2.37. The monoisotopic (exact) mass is 530 g/mol. The molecule has 1 heterocycles. The second-order valence-corrected chi connectivity index (χ2v) is 8.67. The van der Waals surface area contributed by atoms with E-state index in [0.717, 1.165) is 21.2 Å². The van der Waals surface area contributed by atoms with E-state index in [1.807, 2.05) is 24.3 Å². The molecule has 3 rings (SSSR count). The Kier molecular flexibility index (Phi) is 5.96. The number of anilines is 1. The van der Waals surface area contributed by atoms with Gasteiger partial charge in [0.05, 0.1) is 12.9 Å². The first kappa shape index (κ1) is 18.6. The van der Waals surface area contributed by atoms with Gasteiger partial charge in [-0.2, -0.15) is 0 Å². The summed E-state index contributed by atoms with van der Waals surface area (Å²) in [5.74, 6) is 0.105. The number of carbonyl (C=O) groups is 1. The van der Waals surface area contributed by atoms with Gasteiger partial charge in [0.25, 0.3) is 5.91 Å². The van der Waals surface area contributed by atoms with Gasteiger partial charge in [-0.25, -0.2) is 0 Å². The van der Waals surface area contributed by atoms with E-state index in [9.17, 15) is 9.90 Å². The Morgan fingerprint density at radius 2 is 2.08 bits per heavy atom. The van der Waals surface area contributed by atoms with E-state index < -0.39 is 0 Å². The highest BCUT2D eigenvalue weighted by Crippen LogP contribution is 2.34. The first-order chi connectivity index (χ1) is 12.0. The number of amides is 1. The van der Waals surface area contributed by atoms with Gasteiger partial charge in [-0.15, -0.1) is 0 Å². The minimum atomic E-state index is -0.203. The predicted octanol–water partition coefficient (Wildman–Crippen LogP) is 4.92. The van der Waals surface area contributed by atoms with Crippen molar-refractivity contribution in [3.8, 4) is 5.75 Å². The molecule has 0 aromatic heterocycles. The average molecular weight is 531 g/mol. The number of thioether (sulfide) groups is 1. The van der Waals surface area contributed by atoms with Crippen LogP contribution in [0.4, 0.5) is 5.69 Å². The molecule has 0 unspecified atom stereocenters. The summed E-state index contributed by atoms with van der Waals surface area (Å²) >= 11 is 6.83. The number of phenols is 1. The molecule has 3 N–H and O–H groups in total. The Morgan fingerprint density at radius 1 is 1.36 bits per heavy atom. The van der Waals surface area contributed by atoms with Crippen LogP contribution in [0.15, 0.2) is 45.8 Å². The third kappa shape index (κ3) is 4.51. The fourth-order valence-corrected chi connectivity index (χ4v) is 4.86. The third-order valence-electron chi connectivity index (χ3n) is 3.73. The van der Waals surface area contributed by atoms with Crippen molar-refractivity contribution < 1.29 is 9.90 Å². The molecule has 130 valence electrons. The van der Waals surface area contributed by atoms with E-state index in [1.165, 1.54) is 17.3 Å². The predicted molar refractivity (Wildman–Crippen MR) is 115 cm³/mol. The number of nitrogens with one attached hydrogen (secondary N) is 2. The zero-order valence-corrected chi connectivity index (χ0v) is 17.9. The van der Waals surface area contributed by atoms with Crippen LogP contribution < -0.4 is 10.6 Å². The highest BCUT2D eigenvalue weighted by atomic mass is 127. The van der Waals surface area contributed by atoms with Gasteiger partial charge in [0.2, 0.25) is 0 Å². The van der Waals surface area contributed by atoms with Crippen molar-refractivity contribution in [1.82, 2.24) is 5.32 Å². The van der Waals surface area contributed by atoms with Crippen LogP contribution in [0.5, 0.6) is 5.75 Å². The maximum Gasteiger partial charge on any atom is 0.260 e. The van der Waals surface area contributed by atoms with Crippen molar-refractivity contribution in [2.45, 2.75) is 18.8 Å². The number of aromatic hydroxyl groups is 1. The Hall–Kier alpha value is -1.19. The van der Waals surface area contributed by atoms with Crippen molar-refractivity contribution in [2.75, 3.05) is 5.32 Å². The molecular weight excluding hydrogens is 515 g/mol. The lowest BCUT2D eigenvalue weighted by molar-refractivity contribution is -0.116. The third-order valence-corrected chi connectivity index (χ3v) is 6.18. The molecule has 0 saturated carbocycles. The molecule has 2 aromatic carbocycles. The number of halogens is 2. The van der Waals surface area contributed by atoms with E-state index in [4.69, 9.17) is 0 Å². The summed E-state index contributed by atoms with van der Waals surface area (Å²) in [6.07, 6.45) is 2.83. The van der Waals surface area contributed by atoms with Gasteiger partial charge in [0.15, 0.2) is 5.50 Å². The van der Waals surface area contributed by atoms with Crippen molar-refractivity contribution >= 4 is 68.0 Å². The zero-order chi connectivity index (χ0) is 18.0. The van der Waals surface area contributed by atoms with Crippen LogP contribution in [-0.2, 0) is 11.2 Å². The van der Waals surface area contributed by atoms with Crippen molar-refractivity contribution in [1.29, 1.82) is 0 Å².